The van der Waals surface area contributed by atoms with Gasteiger partial charge in [-0.25, -0.2) is 5.01 Å². The molecule has 0 N–H and O–H groups in total. The van der Waals surface area contributed by atoms with E-state index in [0.29, 0.717) is 0 Å². The molecule has 0 saturated heterocycles. The summed E-state index contributed by atoms with van der Waals surface area (Å²) in [6, 6.07) is 3.07. The molecule has 0 amide bonds. The summed E-state index contributed by atoms with van der Waals surface area (Å²) >= 11 is 0. The first kappa shape index (κ1) is 8.99. The third kappa shape index (κ3) is 1.94. The molecule has 2 heteroatoms. The lowest BCUT2D eigenvalue weighted by Gasteiger charge is -2.29. The molecular formula is C10H16N2. The quantitative estimate of drug-likeness (QED) is 0.545. The lowest BCUT2D eigenvalue weighted by molar-refractivity contribution is 0.134. The summed E-state index contributed by atoms with van der Waals surface area (Å²) in [6.07, 6.45) is 5.39. The molecule has 1 heterocycles. The molecule has 0 bridgehead atoms. The molecule has 12 heavy (non-hydrogen) atoms. The maximum absolute atomic E-state index is 3.10. The second-order valence-electron chi connectivity index (χ2n) is 2.92. The highest BCUT2D eigenvalue weighted by atomic mass is 15.6. The Bertz CT molecular complexity index is 232. The van der Waals surface area contributed by atoms with E-state index in [9.17, 15) is 0 Å². The van der Waals surface area contributed by atoms with Crippen molar-refractivity contribution in [2.75, 3.05) is 14.1 Å². The van der Waals surface area contributed by atoms with Crippen LogP contribution in [0.25, 0.3) is 0 Å². The number of allylic oxidation sites excluding steroid dienone is 2. The Hall–Kier alpha value is -1.10. The molecule has 0 spiro atoms. The molecule has 1 rings (SSSR count). The van der Waals surface area contributed by atoms with E-state index in [1.807, 2.05) is 12.1 Å². The minimum Gasteiger partial charge on any atom is -0.286 e. The molecule has 0 atom stereocenters. The topological polar surface area (TPSA) is 6.48 Å². The van der Waals surface area contributed by atoms with Gasteiger partial charge in [0.1, 0.15) is 0 Å². The van der Waals surface area contributed by atoms with E-state index in [4.69, 9.17) is 0 Å². The first-order chi connectivity index (χ1) is 5.75. The van der Waals surface area contributed by atoms with Gasteiger partial charge < -0.3 is 0 Å². The summed E-state index contributed by atoms with van der Waals surface area (Å²) in [4.78, 5) is 0. The van der Waals surface area contributed by atoms with E-state index in [-0.39, 0.29) is 0 Å². The summed E-state index contributed by atoms with van der Waals surface area (Å²) < 4.78 is 0. The molecule has 2 nitrogen and oxygen atoms in total. The molecule has 0 aliphatic carbocycles. The van der Waals surface area contributed by atoms with Crippen LogP contribution in [0.3, 0.4) is 0 Å². The molecule has 0 radical (unpaired) electrons. The van der Waals surface area contributed by atoms with E-state index in [0.717, 1.165) is 19.3 Å². The number of hydrazine groups is 1. The highest BCUT2D eigenvalue weighted by Crippen LogP contribution is 2.11. The lowest BCUT2D eigenvalue weighted by atomic mass is 10.2. The average molecular weight is 164 g/mol. The van der Waals surface area contributed by atoms with Crippen LogP contribution in [0.4, 0.5) is 0 Å². The zero-order chi connectivity index (χ0) is 8.97. The first-order valence-electron chi connectivity index (χ1n) is 4.40. The van der Waals surface area contributed by atoms with Crippen LogP contribution in [0, 0.1) is 12.0 Å². The normalized spacial score (nSPS) is 17.4. The Morgan fingerprint density at radius 1 is 1.50 bits per heavy atom. The predicted molar refractivity (Wildman–Crippen MR) is 50.9 cm³/mol. The fraction of sp³-hybridized carbons (Fsp3) is 0.600. The Kier molecular flexibility index (Phi) is 3.04. The third-order valence-corrected chi connectivity index (χ3v) is 2.12. The summed E-state index contributed by atoms with van der Waals surface area (Å²) in [5, 5.41) is 4.04. The van der Waals surface area contributed by atoms with Crippen LogP contribution in [-0.4, -0.2) is 24.1 Å². The molecule has 1 aliphatic rings. The highest BCUT2D eigenvalue weighted by molar-refractivity contribution is 5.07. The largest absolute Gasteiger partial charge is 0.286 e. The number of rotatable bonds is 1. The molecule has 0 unspecified atom stereocenters. The summed E-state index contributed by atoms with van der Waals surface area (Å²) in [7, 11) is 4.04. The SMILES string of the molecule is CCC1=CCCC#CN(C)N1C. The van der Waals surface area contributed by atoms with Crippen LogP contribution < -0.4 is 0 Å². The van der Waals surface area contributed by atoms with Gasteiger partial charge >= 0.3 is 0 Å². The maximum Gasteiger partial charge on any atom is 0.0371 e. The molecule has 0 fully saturated rings. The summed E-state index contributed by atoms with van der Waals surface area (Å²) in [6.45, 7) is 2.17. The zero-order valence-corrected chi connectivity index (χ0v) is 8.09. The van der Waals surface area contributed by atoms with Crippen LogP contribution in [0.5, 0.6) is 0 Å². The number of nitrogens with zero attached hydrogens (tertiary/aromatic N) is 2. The Labute approximate surface area is 74.8 Å². The van der Waals surface area contributed by atoms with Gasteiger partial charge in [0.05, 0.1) is 0 Å². The van der Waals surface area contributed by atoms with E-state index >= 15 is 0 Å². The number of hydrogen-bond donors (Lipinski definition) is 0. The molecule has 0 saturated carbocycles. The van der Waals surface area contributed by atoms with Gasteiger partial charge in [0.15, 0.2) is 0 Å². The summed E-state index contributed by atoms with van der Waals surface area (Å²) in [5.41, 5.74) is 1.35. The van der Waals surface area contributed by atoms with Gasteiger partial charge in [-0.1, -0.05) is 18.9 Å². The van der Waals surface area contributed by atoms with Crippen molar-refractivity contribution in [1.29, 1.82) is 0 Å². The lowest BCUT2D eigenvalue weighted by Crippen LogP contribution is -2.32. The third-order valence-electron chi connectivity index (χ3n) is 2.12. The van der Waals surface area contributed by atoms with E-state index in [1.165, 1.54) is 5.70 Å². The highest BCUT2D eigenvalue weighted by Gasteiger charge is 2.05. The van der Waals surface area contributed by atoms with Gasteiger partial charge in [0, 0.05) is 32.3 Å². The van der Waals surface area contributed by atoms with Crippen molar-refractivity contribution >= 4 is 0 Å². The minimum absolute atomic E-state index is 0.974. The van der Waals surface area contributed by atoms with Crippen molar-refractivity contribution < 1.29 is 0 Å². The fourth-order valence-corrected chi connectivity index (χ4v) is 1.25. The number of hydrogen-bond acceptors (Lipinski definition) is 2. The monoisotopic (exact) mass is 164 g/mol. The van der Waals surface area contributed by atoms with Crippen LogP contribution in [0.1, 0.15) is 26.2 Å². The average Bonchev–Trinajstić information content (AvgIpc) is 2.07. The Morgan fingerprint density at radius 3 is 2.92 bits per heavy atom. The Morgan fingerprint density at radius 2 is 2.25 bits per heavy atom. The van der Waals surface area contributed by atoms with Gasteiger partial charge in [-0.05, 0) is 12.8 Å². The van der Waals surface area contributed by atoms with Crippen LogP contribution in [0.2, 0.25) is 0 Å². The van der Waals surface area contributed by atoms with Crippen molar-refractivity contribution in [3.63, 3.8) is 0 Å². The predicted octanol–water partition coefficient (Wildman–Crippen LogP) is 1.81. The zero-order valence-electron chi connectivity index (χ0n) is 8.09. The van der Waals surface area contributed by atoms with Crippen LogP contribution >= 0.6 is 0 Å². The smallest absolute Gasteiger partial charge is 0.0371 e. The van der Waals surface area contributed by atoms with Gasteiger partial charge in [0.25, 0.3) is 0 Å². The van der Waals surface area contributed by atoms with E-state index in [1.54, 1.807) is 0 Å². The van der Waals surface area contributed by atoms with Crippen molar-refractivity contribution in [2.24, 2.45) is 0 Å². The van der Waals surface area contributed by atoms with Crippen LogP contribution in [-0.2, 0) is 0 Å². The van der Waals surface area contributed by atoms with Crippen LogP contribution in [0.15, 0.2) is 11.8 Å². The van der Waals surface area contributed by atoms with Crippen molar-refractivity contribution in [3.8, 4) is 12.0 Å². The molecule has 0 aromatic rings. The van der Waals surface area contributed by atoms with Gasteiger partial charge in [-0.15, -0.1) is 0 Å². The van der Waals surface area contributed by atoms with Crippen molar-refractivity contribution in [1.82, 2.24) is 10.0 Å². The standard InChI is InChI=1S/C10H16N2/c1-4-10-8-6-5-7-9-11(2)12(10)3/h8H,4-6H2,1-3H3. The second-order valence-corrected chi connectivity index (χ2v) is 2.92. The Balaban J connectivity index is 2.76. The van der Waals surface area contributed by atoms with Gasteiger partial charge in [0.2, 0.25) is 0 Å². The second kappa shape index (κ2) is 4.06. The molecule has 0 aromatic carbocycles. The molecule has 1 aliphatic heterocycles. The fourth-order valence-electron chi connectivity index (χ4n) is 1.25. The van der Waals surface area contributed by atoms with Gasteiger partial charge in [-0.2, -0.15) is 0 Å². The minimum atomic E-state index is 0.974. The summed E-state index contributed by atoms with van der Waals surface area (Å²) in [5.74, 6) is 3.10. The maximum atomic E-state index is 3.10. The van der Waals surface area contributed by atoms with E-state index < -0.39 is 0 Å². The van der Waals surface area contributed by atoms with Crippen molar-refractivity contribution in [3.05, 3.63) is 11.8 Å². The van der Waals surface area contributed by atoms with E-state index in [2.05, 4.69) is 37.0 Å². The van der Waals surface area contributed by atoms with Crippen molar-refractivity contribution in [2.45, 2.75) is 26.2 Å². The molecule has 66 valence electrons. The van der Waals surface area contributed by atoms with Gasteiger partial charge in [-0.3, -0.25) is 5.01 Å². The molecule has 0 aromatic heterocycles. The first-order valence-corrected chi connectivity index (χ1v) is 4.40. The molecular weight excluding hydrogens is 148 g/mol.